The lowest BCUT2D eigenvalue weighted by molar-refractivity contribution is -0.146. The molecule has 84 valence electrons. The van der Waals surface area contributed by atoms with Crippen molar-refractivity contribution in [3.63, 3.8) is 0 Å². The number of aliphatic carboxylic acids is 1. The van der Waals surface area contributed by atoms with Crippen molar-refractivity contribution in [2.45, 2.75) is 20.3 Å². The van der Waals surface area contributed by atoms with Gasteiger partial charge in [-0.25, -0.2) is 0 Å². The van der Waals surface area contributed by atoms with E-state index < -0.39 is 11.4 Å². The topological polar surface area (TPSA) is 63.3 Å². The van der Waals surface area contributed by atoms with Crippen LogP contribution in [0.25, 0.3) is 11.0 Å². The SMILES string of the molecule is CC(C)(Cc1ccc2oncc2c1)C(=O)O. The fraction of sp³-hybridized carbons (Fsp3) is 0.333. The largest absolute Gasteiger partial charge is 0.481 e. The Hall–Kier alpha value is -1.84. The van der Waals surface area contributed by atoms with E-state index in [9.17, 15) is 4.79 Å². The second-order valence-electron chi connectivity index (χ2n) is 4.56. The molecule has 0 saturated heterocycles. The van der Waals surface area contributed by atoms with Crippen LogP contribution in [0, 0.1) is 5.41 Å². The highest BCUT2D eigenvalue weighted by Crippen LogP contribution is 2.24. The van der Waals surface area contributed by atoms with E-state index in [4.69, 9.17) is 9.63 Å². The van der Waals surface area contributed by atoms with Gasteiger partial charge in [-0.05, 0) is 38.0 Å². The first-order valence-electron chi connectivity index (χ1n) is 5.06. The number of carboxylic acid groups (broad SMARTS) is 1. The van der Waals surface area contributed by atoms with Crippen molar-refractivity contribution in [2.24, 2.45) is 5.41 Å². The van der Waals surface area contributed by atoms with E-state index in [1.165, 1.54) is 0 Å². The standard InChI is InChI=1S/C12H13NO3/c1-12(2,11(14)15)6-8-3-4-10-9(5-8)7-13-16-10/h3-5,7H,6H2,1-2H3,(H,14,15). The number of fused-ring (bicyclic) bond motifs is 1. The molecule has 1 aromatic heterocycles. The number of benzene rings is 1. The molecule has 0 fully saturated rings. The van der Waals surface area contributed by atoms with Gasteiger partial charge in [0.05, 0.1) is 11.6 Å². The van der Waals surface area contributed by atoms with E-state index in [0.29, 0.717) is 6.42 Å². The summed E-state index contributed by atoms with van der Waals surface area (Å²) >= 11 is 0. The van der Waals surface area contributed by atoms with Crippen molar-refractivity contribution in [3.8, 4) is 0 Å². The van der Waals surface area contributed by atoms with Crippen LogP contribution in [0.15, 0.2) is 28.9 Å². The van der Waals surface area contributed by atoms with Gasteiger partial charge in [0, 0.05) is 5.39 Å². The quantitative estimate of drug-likeness (QED) is 0.861. The molecular weight excluding hydrogens is 206 g/mol. The summed E-state index contributed by atoms with van der Waals surface area (Å²) in [4.78, 5) is 11.0. The molecule has 1 heterocycles. The summed E-state index contributed by atoms with van der Waals surface area (Å²) in [6, 6.07) is 5.60. The zero-order valence-electron chi connectivity index (χ0n) is 9.23. The summed E-state index contributed by atoms with van der Waals surface area (Å²) < 4.78 is 4.98. The summed E-state index contributed by atoms with van der Waals surface area (Å²) in [6.45, 7) is 3.43. The second-order valence-corrected chi connectivity index (χ2v) is 4.56. The van der Waals surface area contributed by atoms with Crippen LogP contribution in [0.5, 0.6) is 0 Å². The van der Waals surface area contributed by atoms with Crippen molar-refractivity contribution in [2.75, 3.05) is 0 Å². The molecular formula is C12H13NO3. The van der Waals surface area contributed by atoms with Gasteiger partial charge in [0.2, 0.25) is 0 Å². The molecule has 0 aliphatic rings. The summed E-state index contributed by atoms with van der Waals surface area (Å²) in [6.07, 6.45) is 2.12. The van der Waals surface area contributed by atoms with Crippen LogP contribution < -0.4 is 0 Å². The molecule has 0 aliphatic carbocycles. The Bertz CT molecular complexity index is 528. The predicted molar refractivity (Wildman–Crippen MR) is 59.1 cm³/mol. The highest BCUT2D eigenvalue weighted by Gasteiger charge is 2.27. The van der Waals surface area contributed by atoms with E-state index in [-0.39, 0.29) is 0 Å². The number of hydrogen-bond acceptors (Lipinski definition) is 3. The van der Waals surface area contributed by atoms with Gasteiger partial charge in [0.1, 0.15) is 0 Å². The molecule has 0 atom stereocenters. The van der Waals surface area contributed by atoms with E-state index in [2.05, 4.69) is 5.16 Å². The van der Waals surface area contributed by atoms with Crippen LogP contribution in [-0.4, -0.2) is 16.2 Å². The van der Waals surface area contributed by atoms with Gasteiger partial charge in [-0.1, -0.05) is 11.2 Å². The first kappa shape index (κ1) is 10.7. The normalized spacial score (nSPS) is 11.9. The summed E-state index contributed by atoms with van der Waals surface area (Å²) in [7, 11) is 0. The molecule has 4 nitrogen and oxygen atoms in total. The Morgan fingerprint density at radius 2 is 2.25 bits per heavy atom. The van der Waals surface area contributed by atoms with Gasteiger partial charge in [-0.15, -0.1) is 0 Å². The Morgan fingerprint density at radius 1 is 1.50 bits per heavy atom. The highest BCUT2D eigenvalue weighted by molar-refractivity contribution is 5.77. The number of rotatable bonds is 3. The average Bonchev–Trinajstić information content (AvgIpc) is 2.63. The predicted octanol–water partition coefficient (Wildman–Crippen LogP) is 2.48. The molecule has 2 rings (SSSR count). The van der Waals surface area contributed by atoms with E-state index in [0.717, 1.165) is 16.5 Å². The summed E-state index contributed by atoms with van der Waals surface area (Å²) in [5.41, 5.74) is 0.935. The van der Waals surface area contributed by atoms with Crippen LogP contribution in [0.2, 0.25) is 0 Å². The Kier molecular flexibility index (Phi) is 2.42. The maximum atomic E-state index is 11.0. The highest BCUT2D eigenvalue weighted by atomic mass is 16.5. The molecule has 0 spiro atoms. The minimum Gasteiger partial charge on any atom is -0.481 e. The third-order valence-electron chi connectivity index (χ3n) is 2.64. The monoisotopic (exact) mass is 219 g/mol. The lowest BCUT2D eigenvalue weighted by Crippen LogP contribution is -2.26. The third kappa shape index (κ3) is 1.91. The first-order chi connectivity index (χ1) is 7.49. The molecule has 2 aromatic rings. The van der Waals surface area contributed by atoms with Gasteiger partial charge in [0.15, 0.2) is 5.58 Å². The lowest BCUT2D eigenvalue weighted by Gasteiger charge is -2.18. The maximum Gasteiger partial charge on any atom is 0.309 e. The number of hydrogen-bond donors (Lipinski definition) is 1. The zero-order valence-corrected chi connectivity index (χ0v) is 9.23. The lowest BCUT2D eigenvalue weighted by atomic mass is 9.86. The second kappa shape index (κ2) is 3.63. The average molecular weight is 219 g/mol. The fourth-order valence-corrected chi connectivity index (χ4v) is 1.62. The molecule has 0 aliphatic heterocycles. The molecule has 0 saturated carbocycles. The molecule has 4 heteroatoms. The molecule has 1 N–H and O–H groups in total. The van der Waals surface area contributed by atoms with Crippen molar-refractivity contribution in [1.82, 2.24) is 5.16 Å². The van der Waals surface area contributed by atoms with Crippen LogP contribution in [0.4, 0.5) is 0 Å². The Morgan fingerprint density at radius 3 is 2.94 bits per heavy atom. The number of aromatic nitrogens is 1. The molecule has 1 aromatic carbocycles. The summed E-state index contributed by atoms with van der Waals surface area (Å²) in [5, 5.41) is 13.6. The van der Waals surface area contributed by atoms with E-state index >= 15 is 0 Å². The number of carbonyl (C=O) groups is 1. The van der Waals surface area contributed by atoms with Gasteiger partial charge in [0.25, 0.3) is 0 Å². The Balaban J connectivity index is 2.30. The van der Waals surface area contributed by atoms with Crippen molar-refractivity contribution >= 4 is 16.9 Å². The Labute approximate surface area is 92.9 Å². The van der Waals surface area contributed by atoms with Crippen LogP contribution >= 0.6 is 0 Å². The van der Waals surface area contributed by atoms with Crippen molar-refractivity contribution < 1.29 is 14.4 Å². The third-order valence-corrected chi connectivity index (χ3v) is 2.64. The molecule has 0 amide bonds. The fourth-order valence-electron chi connectivity index (χ4n) is 1.62. The van der Waals surface area contributed by atoms with Crippen LogP contribution in [0.3, 0.4) is 0 Å². The van der Waals surface area contributed by atoms with Gasteiger partial charge in [-0.2, -0.15) is 0 Å². The van der Waals surface area contributed by atoms with E-state index in [1.54, 1.807) is 20.0 Å². The van der Waals surface area contributed by atoms with Crippen LogP contribution in [0.1, 0.15) is 19.4 Å². The molecule has 0 bridgehead atoms. The van der Waals surface area contributed by atoms with E-state index in [1.807, 2.05) is 18.2 Å². The maximum absolute atomic E-state index is 11.0. The van der Waals surface area contributed by atoms with Crippen molar-refractivity contribution in [1.29, 1.82) is 0 Å². The molecule has 0 radical (unpaired) electrons. The smallest absolute Gasteiger partial charge is 0.309 e. The van der Waals surface area contributed by atoms with Gasteiger partial charge in [-0.3, -0.25) is 4.79 Å². The minimum absolute atomic E-state index is 0.490. The number of carboxylic acids is 1. The van der Waals surface area contributed by atoms with Crippen LogP contribution in [-0.2, 0) is 11.2 Å². The first-order valence-corrected chi connectivity index (χ1v) is 5.06. The van der Waals surface area contributed by atoms with Gasteiger partial charge < -0.3 is 9.63 Å². The molecule has 16 heavy (non-hydrogen) atoms. The van der Waals surface area contributed by atoms with Crippen molar-refractivity contribution in [3.05, 3.63) is 30.0 Å². The van der Waals surface area contributed by atoms with Gasteiger partial charge >= 0.3 is 5.97 Å². The summed E-state index contributed by atoms with van der Waals surface area (Å²) in [5.74, 6) is -0.794. The molecule has 0 unspecified atom stereocenters. The zero-order chi connectivity index (χ0) is 11.8. The number of nitrogens with zero attached hydrogens (tertiary/aromatic N) is 1. The minimum atomic E-state index is -0.794.